The van der Waals surface area contributed by atoms with E-state index in [0.29, 0.717) is 13.0 Å². The van der Waals surface area contributed by atoms with E-state index < -0.39 is 6.04 Å². The third kappa shape index (κ3) is 3.30. The number of carbonyl (C=O) groups excluding carboxylic acids is 2. The summed E-state index contributed by atoms with van der Waals surface area (Å²) in [6, 6.07) is 5.23. The van der Waals surface area contributed by atoms with Crippen LogP contribution in [-0.4, -0.2) is 37.2 Å². The molecule has 2 unspecified atom stereocenters. The SMILES string of the molecule is CCOCC(=O)N(c1c(C)cccc1C)C1CC(C)OC1=O. The fourth-order valence-electron chi connectivity index (χ4n) is 2.85. The number of amides is 1. The second-order valence-corrected chi connectivity index (χ2v) is 5.64. The molecule has 0 saturated carbocycles. The Morgan fingerprint density at radius 3 is 2.50 bits per heavy atom. The van der Waals surface area contributed by atoms with E-state index in [4.69, 9.17) is 9.47 Å². The monoisotopic (exact) mass is 305 g/mol. The van der Waals surface area contributed by atoms with Gasteiger partial charge in [-0.05, 0) is 38.8 Å². The van der Waals surface area contributed by atoms with Gasteiger partial charge in [-0.3, -0.25) is 9.69 Å². The van der Waals surface area contributed by atoms with E-state index in [-0.39, 0.29) is 24.6 Å². The zero-order valence-electron chi connectivity index (χ0n) is 13.6. The van der Waals surface area contributed by atoms with E-state index in [1.807, 2.05) is 45.9 Å². The van der Waals surface area contributed by atoms with Crippen LogP contribution in [-0.2, 0) is 19.1 Å². The highest BCUT2D eigenvalue weighted by Crippen LogP contribution is 2.31. The average molecular weight is 305 g/mol. The predicted molar refractivity (Wildman–Crippen MR) is 83.9 cm³/mol. The quantitative estimate of drug-likeness (QED) is 0.784. The highest BCUT2D eigenvalue weighted by atomic mass is 16.6. The van der Waals surface area contributed by atoms with E-state index in [2.05, 4.69) is 0 Å². The van der Waals surface area contributed by atoms with Gasteiger partial charge < -0.3 is 9.47 Å². The van der Waals surface area contributed by atoms with Gasteiger partial charge in [-0.1, -0.05) is 18.2 Å². The Bertz CT molecular complexity index is 550. The smallest absolute Gasteiger partial charge is 0.329 e. The maximum atomic E-state index is 12.6. The molecule has 1 heterocycles. The Hall–Kier alpha value is -1.88. The molecule has 0 N–H and O–H groups in total. The lowest BCUT2D eigenvalue weighted by Crippen LogP contribution is -2.45. The molecular formula is C17H23NO4. The van der Waals surface area contributed by atoms with Crippen molar-refractivity contribution in [2.45, 2.75) is 46.3 Å². The summed E-state index contributed by atoms with van der Waals surface area (Å²) in [6.07, 6.45) is 0.328. The number of hydrogen-bond donors (Lipinski definition) is 0. The molecule has 0 bridgehead atoms. The first kappa shape index (κ1) is 16.5. The maximum absolute atomic E-state index is 12.6. The molecule has 0 spiro atoms. The third-order valence-corrected chi connectivity index (χ3v) is 3.84. The van der Waals surface area contributed by atoms with Crippen molar-refractivity contribution in [3.8, 4) is 0 Å². The summed E-state index contributed by atoms with van der Waals surface area (Å²) in [5.74, 6) is -0.560. The highest BCUT2D eigenvalue weighted by molar-refractivity contribution is 6.01. The standard InChI is InChI=1S/C17H23NO4/c1-5-21-10-15(19)18(14-9-13(4)22-17(14)20)16-11(2)7-6-8-12(16)3/h6-8,13-14H,5,9-10H2,1-4H3. The summed E-state index contributed by atoms with van der Waals surface area (Å²) >= 11 is 0. The lowest BCUT2D eigenvalue weighted by molar-refractivity contribution is -0.143. The molecule has 2 rings (SSSR count). The van der Waals surface area contributed by atoms with Crippen LogP contribution in [0.1, 0.15) is 31.4 Å². The van der Waals surface area contributed by atoms with E-state index in [9.17, 15) is 9.59 Å². The summed E-state index contributed by atoms with van der Waals surface area (Å²) < 4.78 is 10.5. The van der Waals surface area contributed by atoms with Gasteiger partial charge in [0.2, 0.25) is 0 Å². The Kier molecular flexibility index (Phi) is 5.19. The fraction of sp³-hybridized carbons (Fsp3) is 0.529. The van der Waals surface area contributed by atoms with Gasteiger partial charge in [0.15, 0.2) is 0 Å². The van der Waals surface area contributed by atoms with Crippen molar-refractivity contribution in [2.75, 3.05) is 18.1 Å². The maximum Gasteiger partial charge on any atom is 0.329 e. The Morgan fingerprint density at radius 2 is 2.00 bits per heavy atom. The minimum absolute atomic E-state index is 0.0393. The molecule has 1 amide bonds. The second kappa shape index (κ2) is 6.92. The van der Waals surface area contributed by atoms with Crippen LogP contribution in [0.3, 0.4) is 0 Å². The topological polar surface area (TPSA) is 55.8 Å². The number of para-hydroxylation sites is 1. The molecule has 5 nitrogen and oxygen atoms in total. The van der Waals surface area contributed by atoms with Crippen LogP contribution in [0.5, 0.6) is 0 Å². The van der Waals surface area contributed by atoms with Gasteiger partial charge in [-0.2, -0.15) is 0 Å². The van der Waals surface area contributed by atoms with Gasteiger partial charge in [0, 0.05) is 13.0 Å². The number of nitrogens with zero attached hydrogens (tertiary/aromatic N) is 1. The van der Waals surface area contributed by atoms with Crippen molar-refractivity contribution < 1.29 is 19.1 Å². The van der Waals surface area contributed by atoms with Gasteiger partial charge in [-0.25, -0.2) is 4.79 Å². The normalized spacial score (nSPS) is 20.8. The molecule has 0 aromatic heterocycles. The number of carbonyl (C=O) groups is 2. The molecule has 0 radical (unpaired) electrons. The first-order valence-electron chi connectivity index (χ1n) is 7.62. The molecule has 1 aliphatic heterocycles. The summed E-state index contributed by atoms with van der Waals surface area (Å²) in [5, 5.41) is 0. The van der Waals surface area contributed by atoms with Crippen LogP contribution in [0.15, 0.2) is 18.2 Å². The molecular weight excluding hydrogens is 282 g/mol. The first-order valence-corrected chi connectivity index (χ1v) is 7.62. The zero-order valence-corrected chi connectivity index (χ0v) is 13.6. The zero-order chi connectivity index (χ0) is 16.3. The van der Waals surface area contributed by atoms with Crippen molar-refractivity contribution >= 4 is 17.6 Å². The Balaban J connectivity index is 2.41. The molecule has 1 fully saturated rings. The Morgan fingerprint density at radius 1 is 1.36 bits per heavy atom. The number of esters is 1. The van der Waals surface area contributed by atoms with Crippen LogP contribution in [0.25, 0.3) is 0 Å². The van der Waals surface area contributed by atoms with Crippen LogP contribution >= 0.6 is 0 Å². The number of cyclic esters (lactones) is 1. The van der Waals surface area contributed by atoms with Crippen molar-refractivity contribution in [3.63, 3.8) is 0 Å². The number of aryl methyl sites for hydroxylation is 2. The van der Waals surface area contributed by atoms with Crippen LogP contribution in [0.4, 0.5) is 5.69 Å². The van der Waals surface area contributed by atoms with Gasteiger partial charge in [0.05, 0.1) is 5.69 Å². The van der Waals surface area contributed by atoms with Crippen LogP contribution < -0.4 is 4.90 Å². The van der Waals surface area contributed by atoms with E-state index >= 15 is 0 Å². The lowest BCUT2D eigenvalue weighted by Gasteiger charge is -2.29. The predicted octanol–water partition coefficient (Wildman–Crippen LogP) is 2.38. The summed E-state index contributed by atoms with van der Waals surface area (Å²) in [4.78, 5) is 26.3. The van der Waals surface area contributed by atoms with Crippen LogP contribution in [0, 0.1) is 13.8 Å². The number of rotatable bonds is 5. The van der Waals surface area contributed by atoms with Gasteiger partial charge in [0.25, 0.3) is 5.91 Å². The largest absolute Gasteiger partial charge is 0.461 e. The number of hydrogen-bond acceptors (Lipinski definition) is 4. The molecule has 120 valence electrons. The van der Waals surface area contributed by atoms with Crippen molar-refractivity contribution in [3.05, 3.63) is 29.3 Å². The number of benzene rings is 1. The van der Waals surface area contributed by atoms with Gasteiger partial charge >= 0.3 is 5.97 Å². The van der Waals surface area contributed by atoms with Crippen molar-refractivity contribution in [1.82, 2.24) is 0 Å². The van der Waals surface area contributed by atoms with E-state index in [1.165, 1.54) is 0 Å². The average Bonchev–Trinajstić information content (AvgIpc) is 2.79. The molecule has 22 heavy (non-hydrogen) atoms. The van der Waals surface area contributed by atoms with Gasteiger partial charge in [0.1, 0.15) is 18.8 Å². The van der Waals surface area contributed by atoms with Gasteiger partial charge in [-0.15, -0.1) is 0 Å². The van der Waals surface area contributed by atoms with E-state index in [1.54, 1.807) is 4.90 Å². The number of ether oxygens (including phenoxy) is 2. The van der Waals surface area contributed by atoms with Crippen LogP contribution in [0.2, 0.25) is 0 Å². The molecule has 1 aliphatic rings. The molecule has 5 heteroatoms. The molecule has 1 saturated heterocycles. The fourth-order valence-corrected chi connectivity index (χ4v) is 2.85. The lowest BCUT2D eigenvalue weighted by atomic mass is 10.0. The number of anilines is 1. The Labute approximate surface area is 131 Å². The molecule has 1 aromatic rings. The first-order chi connectivity index (χ1) is 10.5. The summed E-state index contributed by atoms with van der Waals surface area (Å²) in [6.45, 7) is 7.97. The van der Waals surface area contributed by atoms with Crippen molar-refractivity contribution in [2.24, 2.45) is 0 Å². The third-order valence-electron chi connectivity index (χ3n) is 3.84. The van der Waals surface area contributed by atoms with Crippen molar-refractivity contribution in [1.29, 1.82) is 0 Å². The second-order valence-electron chi connectivity index (χ2n) is 5.64. The summed E-state index contributed by atoms with van der Waals surface area (Å²) in [7, 11) is 0. The molecule has 2 atom stereocenters. The summed E-state index contributed by atoms with van der Waals surface area (Å²) in [5.41, 5.74) is 2.69. The minimum atomic E-state index is -0.581. The molecule has 0 aliphatic carbocycles. The van der Waals surface area contributed by atoms with E-state index in [0.717, 1.165) is 16.8 Å². The highest BCUT2D eigenvalue weighted by Gasteiger charge is 2.40. The molecule has 1 aromatic carbocycles. The minimum Gasteiger partial charge on any atom is -0.461 e.